The van der Waals surface area contributed by atoms with Gasteiger partial charge in [0.25, 0.3) is 5.91 Å². The van der Waals surface area contributed by atoms with Gasteiger partial charge in [-0.05, 0) is 19.4 Å². The molecule has 1 aromatic heterocycles. The quantitative estimate of drug-likeness (QED) is 0.708. The van der Waals surface area contributed by atoms with Gasteiger partial charge in [-0.25, -0.2) is 9.37 Å². The molecule has 0 aliphatic heterocycles. The third-order valence-corrected chi connectivity index (χ3v) is 2.99. The Kier molecular flexibility index (Phi) is 6.58. The molecule has 1 aromatic rings. The molecule has 2 amide bonds. The first-order valence-electron chi connectivity index (χ1n) is 6.88. The van der Waals surface area contributed by atoms with Gasteiger partial charge in [0.15, 0.2) is 0 Å². The average Bonchev–Trinajstić information content (AvgIpc) is 2.46. The standard InChI is InChI=1S/C14H21FN4O2/c1-4-9(2)19-12(20)5-6-17-14(21)11-7-10(15)8-18-13(11)16-3/h7-9H,4-6H2,1-3H3,(H,16,18)(H,17,21)(H,19,20). The molecule has 0 bridgehead atoms. The lowest BCUT2D eigenvalue weighted by molar-refractivity contribution is -0.121. The molecule has 7 heteroatoms. The number of pyridine rings is 1. The molecule has 1 atom stereocenters. The second-order valence-corrected chi connectivity index (χ2v) is 4.68. The maximum Gasteiger partial charge on any atom is 0.255 e. The summed E-state index contributed by atoms with van der Waals surface area (Å²) in [6.07, 6.45) is 2.05. The fourth-order valence-corrected chi connectivity index (χ4v) is 1.65. The number of carbonyl (C=O) groups is 2. The van der Waals surface area contributed by atoms with Gasteiger partial charge in [0.1, 0.15) is 11.6 Å². The Bertz CT molecular complexity index is 508. The van der Waals surface area contributed by atoms with Crippen LogP contribution in [0.25, 0.3) is 0 Å². The molecule has 0 fully saturated rings. The topological polar surface area (TPSA) is 83.1 Å². The smallest absolute Gasteiger partial charge is 0.255 e. The van der Waals surface area contributed by atoms with E-state index in [4.69, 9.17) is 0 Å². The van der Waals surface area contributed by atoms with E-state index in [9.17, 15) is 14.0 Å². The van der Waals surface area contributed by atoms with Crippen LogP contribution in [0.5, 0.6) is 0 Å². The number of nitrogens with zero attached hydrogens (tertiary/aromatic N) is 1. The number of hydrogen-bond donors (Lipinski definition) is 3. The minimum absolute atomic E-state index is 0.108. The van der Waals surface area contributed by atoms with E-state index >= 15 is 0 Å². The van der Waals surface area contributed by atoms with Crippen molar-refractivity contribution in [2.75, 3.05) is 18.9 Å². The van der Waals surface area contributed by atoms with E-state index in [0.29, 0.717) is 0 Å². The minimum atomic E-state index is -0.589. The van der Waals surface area contributed by atoms with E-state index in [1.807, 2.05) is 13.8 Å². The van der Waals surface area contributed by atoms with Crippen molar-refractivity contribution in [1.29, 1.82) is 0 Å². The van der Waals surface area contributed by atoms with Crippen molar-refractivity contribution in [2.45, 2.75) is 32.7 Å². The number of aromatic nitrogens is 1. The zero-order valence-corrected chi connectivity index (χ0v) is 12.5. The van der Waals surface area contributed by atoms with Crippen LogP contribution >= 0.6 is 0 Å². The first-order valence-corrected chi connectivity index (χ1v) is 6.88. The average molecular weight is 296 g/mol. The van der Waals surface area contributed by atoms with Gasteiger partial charge in [-0.15, -0.1) is 0 Å². The lowest BCUT2D eigenvalue weighted by atomic mass is 10.2. The molecule has 0 spiro atoms. The van der Waals surface area contributed by atoms with E-state index in [2.05, 4.69) is 20.9 Å². The van der Waals surface area contributed by atoms with Crippen LogP contribution in [0.2, 0.25) is 0 Å². The van der Waals surface area contributed by atoms with Gasteiger partial charge in [0.2, 0.25) is 5.91 Å². The number of carbonyl (C=O) groups excluding carboxylic acids is 2. The van der Waals surface area contributed by atoms with Crippen molar-refractivity contribution < 1.29 is 14.0 Å². The molecule has 0 saturated carbocycles. The zero-order chi connectivity index (χ0) is 15.8. The highest BCUT2D eigenvalue weighted by Crippen LogP contribution is 2.12. The molecule has 0 saturated heterocycles. The largest absolute Gasteiger partial charge is 0.372 e. The van der Waals surface area contributed by atoms with Crippen LogP contribution in [0, 0.1) is 5.82 Å². The molecule has 21 heavy (non-hydrogen) atoms. The summed E-state index contributed by atoms with van der Waals surface area (Å²) >= 11 is 0. The minimum Gasteiger partial charge on any atom is -0.372 e. The van der Waals surface area contributed by atoms with Crippen LogP contribution < -0.4 is 16.0 Å². The SMILES string of the molecule is CCC(C)NC(=O)CCNC(=O)c1cc(F)cnc1NC. The summed E-state index contributed by atoms with van der Waals surface area (Å²) in [4.78, 5) is 27.3. The monoisotopic (exact) mass is 296 g/mol. The summed E-state index contributed by atoms with van der Waals surface area (Å²) < 4.78 is 13.1. The van der Waals surface area contributed by atoms with Crippen LogP contribution in [0.15, 0.2) is 12.3 Å². The van der Waals surface area contributed by atoms with E-state index in [1.54, 1.807) is 7.05 Å². The predicted molar refractivity (Wildman–Crippen MR) is 78.6 cm³/mol. The van der Waals surface area contributed by atoms with Crippen LogP contribution in [-0.4, -0.2) is 36.4 Å². The number of rotatable bonds is 7. The first kappa shape index (κ1) is 16.9. The molecule has 1 rings (SSSR count). The molecular weight excluding hydrogens is 275 g/mol. The normalized spacial score (nSPS) is 11.6. The summed E-state index contributed by atoms with van der Waals surface area (Å²) in [5, 5.41) is 8.10. The number of anilines is 1. The maximum absolute atomic E-state index is 13.1. The second kappa shape index (κ2) is 8.18. The van der Waals surface area contributed by atoms with Gasteiger partial charge < -0.3 is 16.0 Å². The van der Waals surface area contributed by atoms with E-state index in [1.165, 1.54) is 0 Å². The summed E-state index contributed by atoms with van der Waals surface area (Å²) in [6.45, 7) is 4.07. The molecule has 1 heterocycles. The first-order chi connectivity index (χ1) is 9.97. The maximum atomic E-state index is 13.1. The molecule has 0 aliphatic rings. The van der Waals surface area contributed by atoms with Gasteiger partial charge >= 0.3 is 0 Å². The lowest BCUT2D eigenvalue weighted by Gasteiger charge is -2.12. The van der Waals surface area contributed by atoms with Gasteiger partial charge in [0, 0.05) is 26.1 Å². The fourth-order valence-electron chi connectivity index (χ4n) is 1.65. The highest BCUT2D eigenvalue weighted by Gasteiger charge is 2.13. The Morgan fingerprint density at radius 3 is 2.76 bits per heavy atom. The molecule has 0 aliphatic carbocycles. The number of nitrogens with one attached hydrogen (secondary N) is 3. The van der Waals surface area contributed by atoms with Crippen LogP contribution in [-0.2, 0) is 4.79 Å². The summed E-state index contributed by atoms with van der Waals surface area (Å²) in [7, 11) is 1.59. The van der Waals surface area contributed by atoms with E-state index in [0.717, 1.165) is 18.7 Å². The van der Waals surface area contributed by atoms with Crippen LogP contribution in [0.4, 0.5) is 10.2 Å². The van der Waals surface area contributed by atoms with Crippen molar-refractivity contribution in [3.63, 3.8) is 0 Å². The lowest BCUT2D eigenvalue weighted by Crippen LogP contribution is -2.35. The number of amides is 2. The number of hydrogen-bond acceptors (Lipinski definition) is 4. The molecule has 116 valence electrons. The van der Waals surface area contributed by atoms with Crippen LogP contribution in [0.3, 0.4) is 0 Å². The third kappa shape index (κ3) is 5.37. The Morgan fingerprint density at radius 1 is 1.43 bits per heavy atom. The number of halogens is 1. The summed E-state index contributed by atoms with van der Waals surface area (Å²) in [5.41, 5.74) is 0.111. The van der Waals surface area contributed by atoms with Crippen molar-refractivity contribution in [3.05, 3.63) is 23.6 Å². The Morgan fingerprint density at radius 2 is 2.14 bits per heavy atom. The van der Waals surface area contributed by atoms with E-state index < -0.39 is 11.7 Å². The van der Waals surface area contributed by atoms with Crippen molar-refractivity contribution in [1.82, 2.24) is 15.6 Å². The molecule has 3 N–H and O–H groups in total. The molecule has 0 aromatic carbocycles. The van der Waals surface area contributed by atoms with Crippen molar-refractivity contribution in [3.8, 4) is 0 Å². The second-order valence-electron chi connectivity index (χ2n) is 4.68. The molecular formula is C14H21FN4O2. The molecule has 1 unspecified atom stereocenters. The van der Waals surface area contributed by atoms with Gasteiger partial charge in [-0.1, -0.05) is 6.92 Å². The van der Waals surface area contributed by atoms with Gasteiger partial charge in [-0.2, -0.15) is 0 Å². The Hall–Kier alpha value is -2.18. The highest BCUT2D eigenvalue weighted by atomic mass is 19.1. The Labute approximate surface area is 123 Å². The zero-order valence-electron chi connectivity index (χ0n) is 12.5. The van der Waals surface area contributed by atoms with Crippen molar-refractivity contribution in [2.24, 2.45) is 0 Å². The van der Waals surface area contributed by atoms with Gasteiger partial charge in [0.05, 0.1) is 11.8 Å². The highest BCUT2D eigenvalue weighted by molar-refractivity contribution is 5.98. The van der Waals surface area contributed by atoms with Crippen LogP contribution in [0.1, 0.15) is 37.0 Å². The summed E-state index contributed by atoms with van der Waals surface area (Å²) in [6, 6.07) is 1.21. The third-order valence-electron chi connectivity index (χ3n) is 2.99. The molecule has 6 nitrogen and oxygen atoms in total. The fraction of sp³-hybridized carbons (Fsp3) is 0.500. The Balaban J connectivity index is 2.51. The van der Waals surface area contributed by atoms with Crippen molar-refractivity contribution >= 4 is 17.6 Å². The van der Waals surface area contributed by atoms with Gasteiger partial charge in [-0.3, -0.25) is 9.59 Å². The predicted octanol–water partition coefficient (Wildman–Crippen LogP) is 1.30. The summed E-state index contributed by atoms with van der Waals surface area (Å²) in [5.74, 6) is -0.898. The molecule has 0 radical (unpaired) electrons. The van der Waals surface area contributed by atoms with E-state index in [-0.39, 0.29) is 36.3 Å².